The molecule has 0 unspecified atom stereocenters. The quantitative estimate of drug-likeness (QED) is 0.356. The normalized spacial score (nSPS) is 16.1. The van der Waals surface area contributed by atoms with Crippen LogP contribution in [0, 0.1) is 0 Å². The summed E-state index contributed by atoms with van der Waals surface area (Å²) in [5, 5.41) is 9.71. The highest BCUT2D eigenvalue weighted by atomic mass is 32.2. The highest BCUT2D eigenvalue weighted by molar-refractivity contribution is 7.99. The largest absolute Gasteiger partial charge is 0.493 e. The first kappa shape index (κ1) is 22.5. The van der Waals surface area contributed by atoms with Crippen LogP contribution >= 0.6 is 11.8 Å². The molecule has 1 aliphatic heterocycles. The number of hydrogen-bond donors (Lipinski definition) is 0. The number of nitrogens with zero attached hydrogens (tertiary/aromatic N) is 4. The molecule has 0 atom stereocenters. The van der Waals surface area contributed by atoms with E-state index in [2.05, 4.69) is 14.8 Å². The summed E-state index contributed by atoms with van der Waals surface area (Å²) in [6.07, 6.45) is 5.60. The van der Waals surface area contributed by atoms with Gasteiger partial charge in [-0.05, 0) is 43.2 Å². The van der Waals surface area contributed by atoms with Crippen molar-refractivity contribution in [2.45, 2.75) is 43.3 Å². The molecule has 2 aliphatic rings. The Balaban J connectivity index is 1.46. The number of hydrogen-bond acceptors (Lipinski definition) is 7. The fourth-order valence-electron chi connectivity index (χ4n) is 4.69. The molecule has 1 aliphatic carbocycles. The van der Waals surface area contributed by atoms with Gasteiger partial charge in [0.25, 0.3) is 11.8 Å². The van der Waals surface area contributed by atoms with Crippen molar-refractivity contribution in [2.75, 3.05) is 20.1 Å². The van der Waals surface area contributed by atoms with Crippen molar-refractivity contribution >= 4 is 23.6 Å². The molecule has 0 saturated heterocycles. The first-order chi connectivity index (χ1) is 16.6. The number of amides is 2. The van der Waals surface area contributed by atoms with Gasteiger partial charge in [0.05, 0.1) is 31.2 Å². The van der Waals surface area contributed by atoms with Crippen LogP contribution in [0.5, 0.6) is 11.5 Å². The van der Waals surface area contributed by atoms with E-state index in [-0.39, 0.29) is 23.7 Å². The molecule has 3 aromatic rings. The van der Waals surface area contributed by atoms with Gasteiger partial charge in [0, 0.05) is 11.6 Å². The summed E-state index contributed by atoms with van der Waals surface area (Å²) in [4.78, 5) is 26.9. The number of carbonyl (C=O) groups is 2. The lowest BCUT2D eigenvalue weighted by Crippen LogP contribution is -2.29. The van der Waals surface area contributed by atoms with Gasteiger partial charge in [-0.3, -0.25) is 19.1 Å². The summed E-state index contributed by atoms with van der Waals surface area (Å²) in [6, 6.07) is 12.9. The number of thioether (sulfide) groups is 1. The molecule has 9 heteroatoms. The minimum absolute atomic E-state index is 0.184. The van der Waals surface area contributed by atoms with Crippen LogP contribution in [0.1, 0.15) is 58.9 Å². The van der Waals surface area contributed by atoms with E-state index in [4.69, 9.17) is 9.47 Å². The maximum atomic E-state index is 12.8. The zero-order valence-electron chi connectivity index (χ0n) is 19.2. The minimum Gasteiger partial charge on any atom is -0.493 e. The van der Waals surface area contributed by atoms with Crippen molar-refractivity contribution in [3.05, 3.63) is 53.6 Å². The van der Waals surface area contributed by atoms with Gasteiger partial charge in [-0.25, -0.2) is 0 Å². The molecule has 1 aromatic heterocycles. The average molecular weight is 479 g/mol. The Labute approximate surface area is 202 Å². The number of fused-ring (bicyclic) bond motifs is 1. The number of carbonyl (C=O) groups excluding carboxylic acids is 2. The van der Waals surface area contributed by atoms with E-state index in [1.54, 1.807) is 38.5 Å². The van der Waals surface area contributed by atoms with Crippen LogP contribution in [0.3, 0.4) is 0 Å². The smallest absolute Gasteiger partial charge is 0.262 e. The number of ether oxygens (including phenoxy) is 2. The second kappa shape index (κ2) is 9.50. The Morgan fingerprint density at radius 3 is 2.24 bits per heavy atom. The Kier molecular flexibility index (Phi) is 6.28. The third-order valence-corrected chi connectivity index (χ3v) is 7.37. The molecule has 0 N–H and O–H groups in total. The summed E-state index contributed by atoms with van der Waals surface area (Å²) >= 11 is 1.37. The Bertz CT molecular complexity index is 1200. The third kappa shape index (κ3) is 3.94. The molecule has 5 rings (SSSR count). The number of aromatic nitrogens is 3. The van der Waals surface area contributed by atoms with E-state index in [0.717, 1.165) is 37.1 Å². The van der Waals surface area contributed by atoms with Crippen LogP contribution in [0.4, 0.5) is 0 Å². The molecule has 0 spiro atoms. The van der Waals surface area contributed by atoms with Gasteiger partial charge in [0.15, 0.2) is 22.5 Å². The predicted octanol–water partition coefficient (Wildman–Crippen LogP) is 4.81. The van der Waals surface area contributed by atoms with Crippen LogP contribution in [-0.2, 0) is 0 Å². The van der Waals surface area contributed by atoms with Gasteiger partial charge in [0.2, 0.25) is 0 Å². The molecule has 34 heavy (non-hydrogen) atoms. The topological polar surface area (TPSA) is 86.6 Å². The fourth-order valence-corrected chi connectivity index (χ4v) is 5.65. The van der Waals surface area contributed by atoms with Gasteiger partial charge in [-0.15, -0.1) is 10.2 Å². The number of methoxy groups -OCH3 is 2. The second-order valence-corrected chi connectivity index (χ2v) is 9.31. The SMILES string of the molecule is COc1ccc(-c2nnc(SCN3C(=O)c4ccccc4C3=O)n2C2CCCCC2)cc1OC. The third-order valence-electron chi connectivity index (χ3n) is 6.45. The van der Waals surface area contributed by atoms with Crippen LogP contribution < -0.4 is 9.47 Å². The maximum absolute atomic E-state index is 12.8. The minimum atomic E-state index is -0.267. The highest BCUT2D eigenvalue weighted by Gasteiger charge is 2.35. The molecule has 0 radical (unpaired) electrons. The van der Waals surface area contributed by atoms with Crippen molar-refractivity contribution in [2.24, 2.45) is 0 Å². The van der Waals surface area contributed by atoms with Gasteiger partial charge in [-0.1, -0.05) is 43.2 Å². The maximum Gasteiger partial charge on any atom is 0.262 e. The van der Waals surface area contributed by atoms with Gasteiger partial charge in [-0.2, -0.15) is 0 Å². The zero-order chi connectivity index (χ0) is 23.7. The van der Waals surface area contributed by atoms with E-state index in [1.807, 2.05) is 18.2 Å². The van der Waals surface area contributed by atoms with Gasteiger partial charge < -0.3 is 9.47 Å². The summed E-state index contributed by atoms with van der Waals surface area (Å²) in [5.74, 6) is 1.67. The van der Waals surface area contributed by atoms with Crippen LogP contribution in [0.15, 0.2) is 47.6 Å². The molecule has 2 heterocycles. The standard InChI is InChI=1S/C25H26N4O4S/c1-32-20-13-12-16(14-21(20)33-2)22-26-27-25(29(22)17-8-4-3-5-9-17)34-15-28-23(30)18-10-6-7-11-19(18)24(28)31/h6-7,10-14,17H,3-5,8-9,15H2,1-2H3. The molecule has 1 saturated carbocycles. The van der Waals surface area contributed by atoms with Crippen molar-refractivity contribution in [3.63, 3.8) is 0 Å². The van der Waals surface area contributed by atoms with E-state index in [1.165, 1.54) is 23.1 Å². The second-order valence-electron chi connectivity index (χ2n) is 8.40. The van der Waals surface area contributed by atoms with Gasteiger partial charge in [0.1, 0.15) is 0 Å². The summed E-state index contributed by atoms with van der Waals surface area (Å²) < 4.78 is 13.0. The van der Waals surface area contributed by atoms with Crippen LogP contribution in [-0.4, -0.2) is 51.6 Å². The fraction of sp³-hybridized carbons (Fsp3) is 0.360. The van der Waals surface area contributed by atoms with E-state index < -0.39 is 0 Å². The average Bonchev–Trinajstić information content (AvgIpc) is 3.42. The number of benzene rings is 2. The van der Waals surface area contributed by atoms with Crippen LogP contribution in [0.25, 0.3) is 11.4 Å². The molecule has 2 amide bonds. The first-order valence-electron chi connectivity index (χ1n) is 11.4. The monoisotopic (exact) mass is 478 g/mol. The first-order valence-corrected chi connectivity index (χ1v) is 12.4. The van der Waals surface area contributed by atoms with Crippen molar-refractivity contribution in [1.29, 1.82) is 0 Å². The predicted molar refractivity (Wildman–Crippen MR) is 128 cm³/mol. The molecule has 176 valence electrons. The van der Waals surface area contributed by atoms with E-state index >= 15 is 0 Å². The lowest BCUT2D eigenvalue weighted by atomic mass is 9.95. The molecular formula is C25H26N4O4S. The highest BCUT2D eigenvalue weighted by Crippen LogP contribution is 2.38. The molecule has 8 nitrogen and oxygen atoms in total. The van der Waals surface area contributed by atoms with Crippen molar-refractivity contribution < 1.29 is 19.1 Å². The summed E-state index contributed by atoms with van der Waals surface area (Å²) in [6.45, 7) is 0. The Morgan fingerprint density at radius 1 is 0.912 bits per heavy atom. The lowest BCUT2D eigenvalue weighted by Gasteiger charge is -2.26. The molecule has 2 aromatic carbocycles. The number of rotatable bonds is 7. The van der Waals surface area contributed by atoms with Crippen LogP contribution in [0.2, 0.25) is 0 Å². The molecule has 0 bridgehead atoms. The Hall–Kier alpha value is -3.33. The van der Waals surface area contributed by atoms with Crippen molar-refractivity contribution in [1.82, 2.24) is 19.7 Å². The molecular weight excluding hydrogens is 452 g/mol. The summed E-state index contributed by atoms with van der Waals surface area (Å²) in [7, 11) is 3.22. The van der Waals surface area contributed by atoms with E-state index in [0.29, 0.717) is 27.8 Å². The molecule has 1 fully saturated rings. The number of imide groups is 1. The lowest BCUT2D eigenvalue weighted by molar-refractivity contribution is 0.0684. The zero-order valence-corrected chi connectivity index (χ0v) is 20.0. The summed E-state index contributed by atoms with van der Waals surface area (Å²) in [5.41, 5.74) is 1.78. The van der Waals surface area contributed by atoms with E-state index in [9.17, 15) is 9.59 Å². The van der Waals surface area contributed by atoms with Crippen molar-refractivity contribution in [3.8, 4) is 22.9 Å². The Morgan fingerprint density at radius 2 is 1.59 bits per heavy atom. The van der Waals surface area contributed by atoms with Gasteiger partial charge >= 0.3 is 0 Å².